The van der Waals surface area contributed by atoms with Crippen molar-refractivity contribution in [2.24, 2.45) is 5.41 Å². The van der Waals surface area contributed by atoms with Gasteiger partial charge in [0, 0.05) is 0 Å². The fourth-order valence-electron chi connectivity index (χ4n) is 5.29. The van der Waals surface area contributed by atoms with Gasteiger partial charge in [-0.3, -0.25) is 0 Å². The van der Waals surface area contributed by atoms with Gasteiger partial charge in [-0.15, -0.1) is 0 Å². The Kier molecular flexibility index (Phi) is 9.37. The molecule has 0 unspecified atom stereocenters. The Labute approximate surface area is 205 Å². The summed E-state index contributed by atoms with van der Waals surface area (Å²) in [5, 5.41) is 70.4. The molecule has 0 bridgehead atoms. The Morgan fingerprint density at radius 3 is 2.34 bits per heavy atom. The quantitative estimate of drug-likeness (QED) is 0.189. The molecule has 2 heterocycles. The van der Waals surface area contributed by atoms with Crippen molar-refractivity contribution in [3.05, 3.63) is 11.1 Å². The highest BCUT2D eigenvalue weighted by Crippen LogP contribution is 2.44. The van der Waals surface area contributed by atoms with Crippen LogP contribution in [0.3, 0.4) is 0 Å². The number of hydrogen-bond donors (Lipinski definition) is 7. The van der Waals surface area contributed by atoms with Crippen LogP contribution in [0.15, 0.2) is 11.1 Å². The van der Waals surface area contributed by atoms with Crippen molar-refractivity contribution in [1.82, 2.24) is 0 Å². The van der Waals surface area contributed by atoms with Crippen LogP contribution in [0.25, 0.3) is 0 Å². The molecule has 1 aliphatic carbocycles. The lowest BCUT2D eigenvalue weighted by atomic mass is 9.70. The van der Waals surface area contributed by atoms with E-state index in [-0.39, 0.29) is 30.8 Å². The van der Waals surface area contributed by atoms with Crippen molar-refractivity contribution in [2.45, 2.75) is 114 Å². The van der Waals surface area contributed by atoms with E-state index in [2.05, 4.69) is 13.8 Å². The van der Waals surface area contributed by atoms with Crippen LogP contribution in [-0.2, 0) is 18.9 Å². The van der Waals surface area contributed by atoms with Gasteiger partial charge in [-0.2, -0.15) is 0 Å². The molecule has 0 saturated carbocycles. The number of rotatable bonds is 9. The molecule has 11 nitrogen and oxygen atoms in total. The molecular weight excluding hydrogens is 464 g/mol. The molecule has 0 aromatic rings. The minimum absolute atomic E-state index is 0.193. The second-order valence-electron chi connectivity index (χ2n) is 10.9. The molecule has 7 N–H and O–H groups in total. The number of aliphatic hydroxyl groups is 7. The predicted octanol–water partition coefficient (Wildman–Crippen LogP) is -1.07. The SMILES string of the molecule is CC1=C(CC[C@H](C)O)C(C)(C)C[C@H](O[C@@H]2O[C@H](CO[C@@H]3OC[C@](O)(CO)[C@H]3O)[C@@H](O)[C@H](O)[C@H]2O)C1. The molecule has 2 aliphatic heterocycles. The van der Waals surface area contributed by atoms with Crippen molar-refractivity contribution in [3.8, 4) is 0 Å². The van der Waals surface area contributed by atoms with Crippen LogP contribution in [0, 0.1) is 5.41 Å². The summed E-state index contributed by atoms with van der Waals surface area (Å²) in [7, 11) is 0. The predicted molar refractivity (Wildman–Crippen MR) is 122 cm³/mol. The zero-order chi connectivity index (χ0) is 26.1. The first-order chi connectivity index (χ1) is 16.3. The zero-order valence-electron chi connectivity index (χ0n) is 20.9. The molecule has 2 fully saturated rings. The Morgan fingerprint density at radius 2 is 1.77 bits per heavy atom. The molecule has 0 radical (unpaired) electrons. The summed E-state index contributed by atoms with van der Waals surface area (Å²) in [6.45, 7) is 6.64. The average molecular weight is 507 g/mol. The maximum Gasteiger partial charge on any atom is 0.186 e. The Balaban J connectivity index is 1.62. The van der Waals surface area contributed by atoms with Gasteiger partial charge in [0.05, 0.1) is 32.0 Å². The van der Waals surface area contributed by atoms with E-state index in [1.807, 2.05) is 6.92 Å². The molecule has 0 aromatic heterocycles. The maximum atomic E-state index is 10.5. The number of hydrogen-bond acceptors (Lipinski definition) is 11. The molecule has 0 amide bonds. The van der Waals surface area contributed by atoms with Crippen molar-refractivity contribution >= 4 is 0 Å². The highest BCUT2D eigenvalue weighted by molar-refractivity contribution is 5.24. The van der Waals surface area contributed by atoms with E-state index in [4.69, 9.17) is 18.9 Å². The van der Waals surface area contributed by atoms with Crippen molar-refractivity contribution < 1.29 is 54.7 Å². The Bertz CT molecular complexity index is 741. The van der Waals surface area contributed by atoms with E-state index in [0.717, 1.165) is 12.0 Å². The molecule has 204 valence electrons. The van der Waals surface area contributed by atoms with E-state index in [1.54, 1.807) is 6.92 Å². The molecule has 35 heavy (non-hydrogen) atoms. The average Bonchev–Trinajstić information content (AvgIpc) is 3.06. The topological polar surface area (TPSA) is 179 Å². The molecule has 3 rings (SSSR count). The van der Waals surface area contributed by atoms with Gasteiger partial charge >= 0.3 is 0 Å². The third-order valence-corrected chi connectivity index (χ3v) is 7.42. The zero-order valence-corrected chi connectivity index (χ0v) is 20.9. The Morgan fingerprint density at radius 1 is 1.09 bits per heavy atom. The number of ether oxygens (including phenoxy) is 4. The highest BCUT2D eigenvalue weighted by atomic mass is 16.7. The summed E-state index contributed by atoms with van der Waals surface area (Å²) >= 11 is 0. The van der Waals surface area contributed by atoms with Gasteiger partial charge in [0.25, 0.3) is 0 Å². The lowest BCUT2D eigenvalue weighted by molar-refractivity contribution is -0.320. The van der Waals surface area contributed by atoms with Crippen LogP contribution in [0.1, 0.15) is 53.4 Å². The summed E-state index contributed by atoms with van der Waals surface area (Å²) in [5.74, 6) is 0. The standard InChI is InChI=1S/C24H42O11/c1-12-7-14(8-23(3,4)15(12)6-5-13(2)26)34-21-19(29)18(28)17(27)16(35-21)9-32-22-20(30)24(31,10-25)11-33-22/h13-14,16-22,25-31H,5-11H2,1-4H3/t13-,14+,16+,17+,18-,19+,20-,21+,22+,24+/m0/s1. The molecule has 0 aromatic carbocycles. The molecule has 10 atom stereocenters. The van der Waals surface area contributed by atoms with Crippen LogP contribution in [0.2, 0.25) is 0 Å². The molecule has 3 aliphatic rings. The van der Waals surface area contributed by atoms with Crippen LogP contribution in [-0.4, -0.2) is 116 Å². The maximum absolute atomic E-state index is 10.5. The number of allylic oxidation sites excluding steroid dienone is 1. The smallest absolute Gasteiger partial charge is 0.186 e. The van der Waals surface area contributed by atoms with E-state index < -0.39 is 55.3 Å². The van der Waals surface area contributed by atoms with Crippen molar-refractivity contribution in [3.63, 3.8) is 0 Å². The summed E-state index contributed by atoms with van der Waals surface area (Å²) in [4.78, 5) is 0. The Hall–Kier alpha value is -0.700. The number of aliphatic hydroxyl groups excluding tert-OH is 6. The lowest BCUT2D eigenvalue weighted by Crippen LogP contribution is -2.60. The van der Waals surface area contributed by atoms with E-state index >= 15 is 0 Å². The molecule has 11 heteroatoms. The van der Waals surface area contributed by atoms with Crippen molar-refractivity contribution in [1.29, 1.82) is 0 Å². The van der Waals surface area contributed by atoms with Gasteiger partial charge in [0.15, 0.2) is 12.6 Å². The lowest BCUT2D eigenvalue weighted by Gasteiger charge is -2.44. The van der Waals surface area contributed by atoms with Crippen molar-refractivity contribution in [2.75, 3.05) is 19.8 Å². The second kappa shape index (κ2) is 11.4. The third-order valence-electron chi connectivity index (χ3n) is 7.42. The molecule has 2 saturated heterocycles. The van der Waals surface area contributed by atoms with E-state index in [9.17, 15) is 35.7 Å². The fourth-order valence-corrected chi connectivity index (χ4v) is 5.29. The minimum Gasteiger partial charge on any atom is -0.393 e. The normalized spacial score (nSPS) is 42.9. The van der Waals surface area contributed by atoms with Crippen LogP contribution >= 0.6 is 0 Å². The van der Waals surface area contributed by atoms with Gasteiger partial charge in [-0.25, -0.2) is 0 Å². The summed E-state index contributed by atoms with van der Waals surface area (Å²) in [6.07, 6.45) is -7.61. The van der Waals surface area contributed by atoms with Gasteiger partial charge in [0.1, 0.15) is 36.1 Å². The first-order valence-electron chi connectivity index (χ1n) is 12.3. The van der Waals surface area contributed by atoms with Crippen LogP contribution < -0.4 is 0 Å². The van der Waals surface area contributed by atoms with Gasteiger partial charge < -0.3 is 54.7 Å². The fraction of sp³-hybridized carbons (Fsp3) is 0.917. The van der Waals surface area contributed by atoms with Crippen LogP contribution in [0.5, 0.6) is 0 Å². The minimum atomic E-state index is -1.86. The van der Waals surface area contributed by atoms with Gasteiger partial charge in [-0.05, 0) is 44.9 Å². The first kappa shape index (κ1) is 28.9. The molecule has 0 spiro atoms. The molecular formula is C24H42O11. The summed E-state index contributed by atoms with van der Waals surface area (Å²) < 4.78 is 22.5. The third kappa shape index (κ3) is 6.42. The largest absolute Gasteiger partial charge is 0.393 e. The highest BCUT2D eigenvalue weighted by Gasteiger charge is 2.50. The van der Waals surface area contributed by atoms with Gasteiger partial charge in [-0.1, -0.05) is 25.0 Å². The monoisotopic (exact) mass is 506 g/mol. The summed E-state index contributed by atoms with van der Waals surface area (Å²) in [5.41, 5.74) is 0.386. The van der Waals surface area contributed by atoms with Gasteiger partial charge in [0.2, 0.25) is 0 Å². The first-order valence-corrected chi connectivity index (χ1v) is 12.3. The van der Waals surface area contributed by atoms with E-state index in [0.29, 0.717) is 19.3 Å². The second-order valence-corrected chi connectivity index (χ2v) is 10.9. The summed E-state index contributed by atoms with van der Waals surface area (Å²) in [6, 6.07) is 0. The van der Waals surface area contributed by atoms with Crippen LogP contribution in [0.4, 0.5) is 0 Å². The van der Waals surface area contributed by atoms with E-state index in [1.165, 1.54) is 5.57 Å².